The quantitative estimate of drug-likeness (QED) is 0.360. The summed E-state index contributed by atoms with van der Waals surface area (Å²) < 4.78 is 70.8. The molecule has 2 N–H and O–H groups in total. The molecule has 0 aliphatic heterocycles. The van der Waals surface area contributed by atoms with Gasteiger partial charge >= 0.3 is 6.36 Å². The molecule has 6 nitrogen and oxygen atoms in total. The summed E-state index contributed by atoms with van der Waals surface area (Å²) >= 11 is 3.02. The number of hydrogen-bond donors (Lipinski definition) is 2. The van der Waals surface area contributed by atoms with Gasteiger partial charge in [0, 0.05) is 10.0 Å². The summed E-state index contributed by atoms with van der Waals surface area (Å²) in [7, 11) is -4.43. The first-order valence-corrected chi connectivity index (χ1v) is 11.0. The molecule has 4 rings (SSSR count). The van der Waals surface area contributed by atoms with E-state index in [1.807, 2.05) is 18.2 Å². The van der Waals surface area contributed by atoms with Crippen molar-refractivity contribution in [3.05, 3.63) is 71.2 Å². The van der Waals surface area contributed by atoms with E-state index < -0.39 is 27.0 Å². The lowest BCUT2D eigenvalue weighted by Gasteiger charge is -2.16. The zero-order chi connectivity index (χ0) is 22.2. The van der Waals surface area contributed by atoms with Gasteiger partial charge in [-0.15, -0.1) is 13.2 Å². The van der Waals surface area contributed by atoms with E-state index >= 15 is 0 Å². The Morgan fingerprint density at radius 1 is 1.00 bits per heavy atom. The van der Waals surface area contributed by atoms with E-state index in [1.165, 1.54) is 12.1 Å². The number of ether oxygens (including phenoxy) is 1. The first-order valence-electron chi connectivity index (χ1n) is 8.75. The Morgan fingerprint density at radius 2 is 1.71 bits per heavy atom. The van der Waals surface area contributed by atoms with Gasteiger partial charge in [0.1, 0.15) is 10.7 Å². The van der Waals surface area contributed by atoms with Crippen molar-refractivity contribution in [2.24, 2.45) is 0 Å². The number of nitrogens with zero attached hydrogens (tertiary/aromatic N) is 1. The van der Waals surface area contributed by atoms with Gasteiger partial charge in [-0.05, 0) is 42.5 Å². The van der Waals surface area contributed by atoms with Crippen molar-refractivity contribution in [2.75, 3.05) is 4.72 Å². The second-order valence-electron chi connectivity index (χ2n) is 6.39. The second-order valence-corrected chi connectivity index (χ2v) is 8.96. The number of fused-ring (bicyclic) bond motifs is 1. The minimum Gasteiger partial charge on any atom is -0.404 e. The summed E-state index contributed by atoms with van der Waals surface area (Å²) in [6.07, 6.45) is -5.06. The molecular formula is C20H13BrF3N3O3S. The minimum absolute atomic E-state index is 0.141. The van der Waals surface area contributed by atoms with Gasteiger partial charge in [0.2, 0.25) is 0 Å². The highest BCUT2D eigenvalue weighted by Gasteiger charge is 2.34. The number of para-hydroxylation sites is 3. The third-order valence-electron chi connectivity index (χ3n) is 4.24. The molecule has 0 radical (unpaired) electrons. The predicted molar refractivity (Wildman–Crippen MR) is 113 cm³/mol. The van der Waals surface area contributed by atoms with Crippen LogP contribution in [-0.4, -0.2) is 24.7 Å². The van der Waals surface area contributed by atoms with Crippen molar-refractivity contribution in [1.29, 1.82) is 0 Å². The van der Waals surface area contributed by atoms with Gasteiger partial charge in [0.15, 0.2) is 5.75 Å². The minimum atomic E-state index is -5.06. The van der Waals surface area contributed by atoms with Crippen LogP contribution < -0.4 is 9.46 Å². The Bertz CT molecular complexity index is 1340. The number of hydrogen-bond acceptors (Lipinski definition) is 4. The lowest BCUT2D eigenvalue weighted by atomic mass is 10.2. The summed E-state index contributed by atoms with van der Waals surface area (Å²) in [4.78, 5) is 6.90. The van der Waals surface area contributed by atoms with Gasteiger partial charge in [-0.1, -0.05) is 40.2 Å². The van der Waals surface area contributed by atoms with Gasteiger partial charge in [-0.3, -0.25) is 4.72 Å². The summed E-state index contributed by atoms with van der Waals surface area (Å²) in [6, 6.07) is 17.0. The predicted octanol–water partition coefficient (Wildman–Crippen LogP) is 5.69. The SMILES string of the molecule is O=S(=O)(Nc1ccccc1-c1nc2ccccc2[nH]1)c1ccc(Br)cc1OC(F)(F)F. The topological polar surface area (TPSA) is 84.1 Å². The highest BCUT2D eigenvalue weighted by Crippen LogP contribution is 2.35. The second kappa shape index (κ2) is 7.89. The Hall–Kier alpha value is -3.05. The van der Waals surface area contributed by atoms with Crippen LogP contribution in [0.25, 0.3) is 22.4 Å². The van der Waals surface area contributed by atoms with E-state index in [1.54, 1.807) is 24.3 Å². The van der Waals surface area contributed by atoms with E-state index in [0.717, 1.165) is 17.6 Å². The Morgan fingerprint density at radius 3 is 2.45 bits per heavy atom. The van der Waals surface area contributed by atoms with Crippen LogP contribution in [0, 0.1) is 0 Å². The number of nitrogens with one attached hydrogen (secondary N) is 2. The van der Waals surface area contributed by atoms with Gasteiger partial charge in [0.25, 0.3) is 10.0 Å². The number of H-pyrrole nitrogens is 1. The maximum Gasteiger partial charge on any atom is 0.573 e. The molecule has 0 unspecified atom stereocenters. The molecular weight excluding hydrogens is 499 g/mol. The van der Waals surface area contributed by atoms with Crippen molar-refractivity contribution >= 4 is 42.7 Å². The fourth-order valence-corrected chi connectivity index (χ4v) is 4.50. The van der Waals surface area contributed by atoms with Gasteiger partial charge in [-0.25, -0.2) is 13.4 Å². The molecule has 0 spiro atoms. The highest BCUT2D eigenvalue weighted by molar-refractivity contribution is 9.10. The summed E-state index contributed by atoms with van der Waals surface area (Å²) in [6.45, 7) is 0. The standard InChI is InChI=1S/C20H13BrF3N3O3S/c21-12-9-10-18(17(11-12)30-20(22,23)24)31(28,29)27-14-6-2-1-5-13(14)19-25-15-7-3-4-8-16(15)26-19/h1-11,27H,(H,25,26). The number of aromatic nitrogens is 2. The average Bonchev–Trinajstić information content (AvgIpc) is 3.10. The van der Waals surface area contributed by atoms with Crippen molar-refractivity contribution < 1.29 is 26.3 Å². The molecule has 0 aliphatic carbocycles. The molecule has 1 aromatic heterocycles. The number of aromatic amines is 1. The molecule has 0 amide bonds. The third-order valence-corrected chi connectivity index (χ3v) is 6.14. The van der Waals surface area contributed by atoms with Crippen LogP contribution in [-0.2, 0) is 10.0 Å². The smallest absolute Gasteiger partial charge is 0.404 e. The fourth-order valence-electron chi connectivity index (χ4n) is 2.97. The molecule has 4 aromatic rings. The highest BCUT2D eigenvalue weighted by atomic mass is 79.9. The summed E-state index contributed by atoms with van der Waals surface area (Å²) in [5.74, 6) is -0.447. The Balaban J connectivity index is 1.75. The Kier molecular flexibility index (Phi) is 5.40. The average molecular weight is 512 g/mol. The van der Waals surface area contributed by atoms with E-state index in [2.05, 4.69) is 35.4 Å². The lowest BCUT2D eigenvalue weighted by molar-refractivity contribution is -0.275. The molecule has 160 valence electrons. The van der Waals surface area contributed by atoms with Crippen molar-refractivity contribution in [2.45, 2.75) is 11.3 Å². The van der Waals surface area contributed by atoms with Gasteiger partial charge in [-0.2, -0.15) is 0 Å². The number of rotatable bonds is 5. The molecule has 0 aliphatic rings. The summed E-state index contributed by atoms with van der Waals surface area (Å²) in [5.41, 5.74) is 2.01. The van der Waals surface area contributed by atoms with Crippen LogP contribution in [0.3, 0.4) is 0 Å². The molecule has 11 heteroatoms. The number of anilines is 1. The molecule has 3 aromatic carbocycles. The molecule has 0 saturated carbocycles. The third kappa shape index (κ3) is 4.67. The number of benzene rings is 3. The Labute approximate surface area is 183 Å². The lowest BCUT2D eigenvalue weighted by Crippen LogP contribution is -2.21. The number of halogens is 4. The van der Waals surface area contributed by atoms with Crippen LogP contribution in [0.15, 0.2) is 76.1 Å². The van der Waals surface area contributed by atoms with Crippen LogP contribution >= 0.6 is 15.9 Å². The molecule has 0 bridgehead atoms. The van der Waals surface area contributed by atoms with Crippen LogP contribution in [0.1, 0.15) is 0 Å². The first kappa shape index (κ1) is 21.2. The number of sulfonamides is 1. The van der Waals surface area contributed by atoms with Crippen LogP contribution in [0.5, 0.6) is 5.75 Å². The molecule has 0 fully saturated rings. The molecule has 0 saturated heterocycles. The van der Waals surface area contributed by atoms with E-state index in [-0.39, 0.29) is 10.2 Å². The molecule has 31 heavy (non-hydrogen) atoms. The number of imidazole rings is 1. The van der Waals surface area contributed by atoms with Crippen LogP contribution in [0.2, 0.25) is 0 Å². The van der Waals surface area contributed by atoms with Gasteiger partial charge in [0.05, 0.1) is 16.7 Å². The summed E-state index contributed by atoms with van der Waals surface area (Å²) in [5, 5.41) is 0. The van der Waals surface area contributed by atoms with E-state index in [9.17, 15) is 21.6 Å². The zero-order valence-corrected chi connectivity index (χ0v) is 17.8. The molecule has 0 atom stereocenters. The zero-order valence-electron chi connectivity index (χ0n) is 15.4. The van der Waals surface area contributed by atoms with Crippen LogP contribution in [0.4, 0.5) is 18.9 Å². The van der Waals surface area contributed by atoms with E-state index in [4.69, 9.17) is 0 Å². The number of alkyl halides is 3. The van der Waals surface area contributed by atoms with Gasteiger partial charge < -0.3 is 9.72 Å². The maximum absolute atomic E-state index is 13.0. The first-order chi connectivity index (χ1) is 14.6. The van der Waals surface area contributed by atoms with Crippen molar-refractivity contribution in [1.82, 2.24) is 9.97 Å². The largest absolute Gasteiger partial charge is 0.573 e. The van der Waals surface area contributed by atoms with Crippen molar-refractivity contribution in [3.8, 4) is 17.1 Å². The molecule has 1 heterocycles. The normalized spacial score (nSPS) is 12.1. The van der Waals surface area contributed by atoms with E-state index in [0.29, 0.717) is 16.9 Å². The fraction of sp³-hybridized carbons (Fsp3) is 0.0500. The van der Waals surface area contributed by atoms with Crippen molar-refractivity contribution in [3.63, 3.8) is 0 Å². The maximum atomic E-state index is 13.0. The monoisotopic (exact) mass is 511 g/mol.